The van der Waals surface area contributed by atoms with Crippen LogP contribution in [0.3, 0.4) is 0 Å². The van der Waals surface area contributed by atoms with E-state index in [0.29, 0.717) is 19.6 Å². The van der Waals surface area contributed by atoms with Crippen molar-refractivity contribution in [3.05, 3.63) is 35.9 Å². The molecule has 1 aromatic carbocycles. The maximum atomic E-state index is 11.5. The van der Waals surface area contributed by atoms with Crippen molar-refractivity contribution >= 4 is 5.91 Å². The van der Waals surface area contributed by atoms with E-state index in [2.05, 4.69) is 5.48 Å². The summed E-state index contributed by atoms with van der Waals surface area (Å²) in [6.45, 7) is 0.731. The van der Waals surface area contributed by atoms with E-state index in [-0.39, 0.29) is 5.91 Å². The number of rotatable bonds is 7. The lowest BCUT2D eigenvalue weighted by atomic mass is 10.1. The second-order valence-corrected chi connectivity index (χ2v) is 3.60. The van der Waals surface area contributed by atoms with E-state index in [9.17, 15) is 4.79 Å². The molecule has 1 aromatic rings. The van der Waals surface area contributed by atoms with Crippen molar-refractivity contribution in [3.8, 4) is 0 Å². The summed E-state index contributed by atoms with van der Waals surface area (Å²) in [6, 6.07) is 8.99. The molecule has 0 spiro atoms. The predicted molar refractivity (Wildman–Crippen MR) is 64.1 cm³/mol. The monoisotopic (exact) mass is 238 g/mol. The van der Waals surface area contributed by atoms with E-state index in [4.69, 9.17) is 15.3 Å². The lowest BCUT2D eigenvalue weighted by Gasteiger charge is -2.11. The molecule has 1 rings (SSSR count). The summed E-state index contributed by atoms with van der Waals surface area (Å²) in [6.07, 6.45) is 0.486. The molecule has 0 aliphatic carbocycles. The van der Waals surface area contributed by atoms with Gasteiger partial charge >= 0.3 is 0 Å². The molecule has 1 atom stereocenters. The molecule has 0 aliphatic heterocycles. The number of hydroxylamine groups is 1. The summed E-state index contributed by atoms with van der Waals surface area (Å²) in [5, 5.41) is 0. The third kappa shape index (κ3) is 5.44. The van der Waals surface area contributed by atoms with Crippen LogP contribution in [0.2, 0.25) is 0 Å². The number of methoxy groups -OCH3 is 1. The lowest BCUT2D eigenvalue weighted by molar-refractivity contribution is -0.135. The van der Waals surface area contributed by atoms with Gasteiger partial charge in [-0.3, -0.25) is 9.63 Å². The van der Waals surface area contributed by atoms with Crippen LogP contribution in [0.1, 0.15) is 5.56 Å². The molecule has 0 unspecified atom stereocenters. The Labute approximate surface area is 101 Å². The fraction of sp³-hybridized carbons (Fsp3) is 0.417. The minimum Gasteiger partial charge on any atom is -0.382 e. The standard InChI is InChI=1S/C12H18N2O3/c1-16-7-8-17-14-12(15)11(13)9-10-5-3-2-4-6-10/h2-6,11H,7-9,13H2,1H3,(H,14,15)/t11-/m1/s1. The fourth-order valence-electron chi connectivity index (χ4n) is 1.28. The average Bonchev–Trinajstić information content (AvgIpc) is 2.35. The van der Waals surface area contributed by atoms with Gasteiger partial charge in [0.05, 0.1) is 19.3 Å². The first kappa shape index (κ1) is 13.6. The van der Waals surface area contributed by atoms with Gasteiger partial charge in [0.2, 0.25) is 0 Å². The molecule has 94 valence electrons. The number of hydrogen-bond acceptors (Lipinski definition) is 4. The third-order valence-corrected chi connectivity index (χ3v) is 2.20. The van der Waals surface area contributed by atoms with Gasteiger partial charge < -0.3 is 10.5 Å². The molecule has 17 heavy (non-hydrogen) atoms. The highest BCUT2D eigenvalue weighted by atomic mass is 16.7. The quantitative estimate of drug-likeness (QED) is 0.527. The highest BCUT2D eigenvalue weighted by Crippen LogP contribution is 2.01. The Kier molecular flexibility index (Phi) is 6.24. The van der Waals surface area contributed by atoms with Crippen molar-refractivity contribution < 1.29 is 14.4 Å². The van der Waals surface area contributed by atoms with Crippen LogP contribution in [0.4, 0.5) is 0 Å². The van der Waals surface area contributed by atoms with Gasteiger partial charge in [-0.15, -0.1) is 0 Å². The zero-order valence-corrected chi connectivity index (χ0v) is 9.89. The minimum atomic E-state index is -0.611. The smallest absolute Gasteiger partial charge is 0.260 e. The Hall–Kier alpha value is -1.43. The van der Waals surface area contributed by atoms with Crippen molar-refractivity contribution in [2.75, 3.05) is 20.3 Å². The van der Waals surface area contributed by atoms with Crippen LogP contribution in [-0.4, -0.2) is 32.3 Å². The van der Waals surface area contributed by atoms with Crippen molar-refractivity contribution in [2.45, 2.75) is 12.5 Å². The van der Waals surface area contributed by atoms with E-state index in [0.717, 1.165) is 5.56 Å². The molecule has 1 amide bonds. The maximum absolute atomic E-state index is 11.5. The van der Waals surface area contributed by atoms with Crippen LogP contribution >= 0.6 is 0 Å². The molecule has 0 saturated carbocycles. The number of ether oxygens (including phenoxy) is 1. The van der Waals surface area contributed by atoms with Gasteiger partial charge in [-0.05, 0) is 12.0 Å². The lowest BCUT2D eigenvalue weighted by Crippen LogP contribution is -2.42. The number of amides is 1. The van der Waals surface area contributed by atoms with Crippen LogP contribution in [-0.2, 0) is 20.8 Å². The molecule has 0 fully saturated rings. The van der Waals surface area contributed by atoms with Crippen LogP contribution in [0.15, 0.2) is 30.3 Å². The van der Waals surface area contributed by atoms with Crippen molar-refractivity contribution in [1.29, 1.82) is 0 Å². The first-order chi connectivity index (χ1) is 8.24. The molecular formula is C12H18N2O3. The Morgan fingerprint density at radius 2 is 2.06 bits per heavy atom. The summed E-state index contributed by atoms with van der Waals surface area (Å²) in [7, 11) is 1.56. The average molecular weight is 238 g/mol. The summed E-state index contributed by atoms with van der Waals surface area (Å²) < 4.78 is 4.77. The largest absolute Gasteiger partial charge is 0.382 e. The van der Waals surface area contributed by atoms with Gasteiger partial charge in [0.15, 0.2) is 0 Å². The van der Waals surface area contributed by atoms with Crippen LogP contribution in [0.25, 0.3) is 0 Å². The van der Waals surface area contributed by atoms with E-state index in [1.54, 1.807) is 7.11 Å². The molecule has 0 radical (unpaired) electrons. The number of nitrogens with one attached hydrogen (secondary N) is 1. The Balaban J connectivity index is 2.27. The number of hydrogen-bond donors (Lipinski definition) is 2. The molecule has 5 heteroatoms. The molecule has 5 nitrogen and oxygen atoms in total. The number of carbonyl (C=O) groups excluding carboxylic acids is 1. The second kappa shape index (κ2) is 7.78. The van der Waals surface area contributed by atoms with Gasteiger partial charge in [-0.1, -0.05) is 30.3 Å². The molecule has 0 aromatic heterocycles. The number of nitrogens with two attached hydrogens (primary N) is 1. The Morgan fingerprint density at radius 3 is 2.71 bits per heavy atom. The van der Waals surface area contributed by atoms with Crippen LogP contribution in [0.5, 0.6) is 0 Å². The number of carbonyl (C=O) groups is 1. The second-order valence-electron chi connectivity index (χ2n) is 3.60. The summed E-state index contributed by atoms with van der Waals surface area (Å²) in [4.78, 5) is 16.4. The van der Waals surface area contributed by atoms with E-state index in [1.807, 2.05) is 30.3 Å². The first-order valence-corrected chi connectivity index (χ1v) is 5.44. The van der Waals surface area contributed by atoms with Crippen LogP contribution in [0, 0.1) is 0 Å². The molecule has 0 heterocycles. The van der Waals surface area contributed by atoms with Crippen LogP contribution < -0.4 is 11.2 Å². The van der Waals surface area contributed by atoms with Gasteiger partial charge in [0, 0.05) is 7.11 Å². The minimum absolute atomic E-state index is 0.306. The normalized spacial score (nSPS) is 12.1. The van der Waals surface area contributed by atoms with Gasteiger partial charge in [0.25, 0.3) is 5.91 Å². The highest BCUT2D eigenvalue weighted by molar-refractivity contribution is 5.80. The summed E-state index contributed by atoms with van der Waals surface area (Å²) in [5.41, 5.74) is 9.05. The van der Waals surface area contributed by atoms with E-state index in [1.165, 1.54) is 0 Å². The van der Waals surface area contributed by atoms with Gasteiger partial charge in [-0.2, -0.15) is 0 Å². The molecular weight excluding hydrogens is 220 g/mol. The van der Waals surface area contributed by atoms with Gasteiger partial charge in [0.1, 0.15) is 0 Å². The van der Waals surface area contributed by atoms with Crippen molar-refractivity contribution in [2.24, 2.45) is 5.73 Å². The molecule has 0 aliphatic rings. The Bertz CT molecular complexity index is 330. The van der Waals surface area contributed by atoms with Crippen molar-refractivity contribution in [3.63, 3.8) is 0 Å². The van der Waals surface area contributed by atoms with Crippen molar-refractivity contribution in [1.82, 2.24) is 5.48 Å². The third-order valence-electron chi connectivity index (χ3n) is 2.20. The van der Waals surface area contributed by atoms with Gasteiger partial charge in [-0.25, -0.2) is 5.48 Å². The summed E-state index contributed by atoms with van der Waals surface area (Å²) >= 11 is 0. The number of benzene rings is 1. The summed E-state index contributed by atoms with van der Waals surface area (Å²) in [5.74, 6) is -0.329. The van der Waals surface area contributed by atoms with E-state index < -0.39 is 6.04 Å². The highest BCUT2D eigenvalue weighted by Gasteiger charge is 2.13. The topological polar surface area (TPSA) is 73.6 Å². The molecule has 0 bridgehead atoms. The first-order valence-electron chi connectivity index (χ1n) is 5.44. The predicted octanol–water partition coefficient (Wildman–Crippen LogP) is 0.251. The Morgan fingerprint density at radius 1 is 1.35 bits per heavy atom. The zero-order chi connectivity index (χ0) is 12.5. The SMILES string of the molecule is COCCONC(=O)[C@H](N)Cc1ccccc1. The van der Waals surface area contributed by atoms with E-state index >= 15 is 0 Å². The molecule has 0 saturated heterocycles. The fourth-order valence-corrected chi connectivity index (χ4v) is 1.28. The zero-order valence-electron chi connectivity index (χ0n) is 9.89. The maximum Gasteiger partial charge on any atom is 0.260 e. The molecule has 3 N–H and O–H groups in total.